The Morgan fingerprint density at radius 2 is 1.64 bits per heavy atom. The number of rotatable bonds is 10. The van der Waals surface area contributed by atoms with Crippen molar-refractivity contribution in [3.63, 3.8) is 0 Å². The first-order chi connectivity index (χ1) is 21.8. The quantitative estimate of drug-likeness (QED) is 0.218. The van der Waals surface area contributed by atoms with Crippen LogP contribution in [0.25, 0.3) is 22.5 Å². The summed E-state index contributed by atoms with van der Waals surface area (Å²) in [5.74, 6) is -1.18. The highest BCUT2D eigenvalue weighted by atomic mass is 19.2. The Bertz CT molecular complexity index is 2100. The Balaban J connectivity index is 1.26. The van der Waals surface area contributed by atoms with Gasteiger partial charge in [0, 0.05) is 29.7 Å². The zero-order valence-electron chi connectivity index (χ0n) is 24.5. The summed E-state index contributed by atoms with van der Waals surface area (Å²) in [6, 6.07) is 19.2. The number of halogens is 2. The molecular weight excluding hydrogens is 582 g/mol. The molecule has 0 aliphatic rings. The molecule has 0 aliphatic heterocycles. The standard InChI is InChI=1S/C33H28F2N6O4/c1-3-7-28-36-19(2)25(17-29-37-27(39-44-29)16-22-8-6-11-26(34)30(22)35)32(42)41(28)18-20-12-14-21(15-13-20)23-9-4-5-10-24(23)31-38-33(43)45-40-31/h4-6,8-15H,3,7,16-18H2,1-2H3,(H,38,40,43). The summed E-state index contributed by atoms with van der Waals surface area (Å²) in [7, 11) is 0. The van der Waals surface area contributed by atoms with Crippen LogP contribution in [0.4, 0.5) is 8.78 Å². The molecule has 3 aromatic carbocycles. The molecule has 45 heavy (non-hydrogen) atoms. The van der Waals surface area contributed by atoms with Gasteiger partial charge in [0.2, 0.25) is 5.89 Å². The largest absolute Gasteiger partial charge is 0.439 e. The SMILES string of the molecule is CCCc1nc(C)c(Cc2nc(Cc3cccc(F)c3F)no2)c(=O)n1Cc1ccc(-c2ccccc2-c2noc(=O)[nH]2)cc1. The number of nitrogens with zero attached hydrogens (tertiary/aromatic N) is 5. The van der Waals surface area contributed by atoms with Crippen molar-refractivity contribution in [2.75, 3.05) is 0 Å². The van der Waals surface area contributed by atoms with Crippen LogP contribution in [-0.2, 0) is 25.8 Å². The molecule has 12 heteroatoms. The van der Waals surface area contributed by atoms with E-state index in [4.69, 9.17) is 9.51 Å². The van der Waals surface area contributed by atoms with E-state index in [0.29, 0.717) is 35.9 Å². The first-order valence-corrected chi connectivity index (χ1v) is 14.4. The van der Waals surface area contributed by atoms with E-state index in [1.54, 1.807) is 11.5 Å². The second kappa shape index (κ2) is 12.6. The Hall–Kier alpha value is -5.52. The third kappa shape index (κ3) is 6.26. The molecule has 0 amide bonds. The van der Waals surface area contributed by atoms with Crippen LogP contribution in [0.15, 0.2) is 85.4 Å². The van der Waals surface area contributed by atoms with E-state index in [9.17, 15) is 18.4 Å². The lowest BCUT2D eigenvalue weighted by molar-refractivity contribution is 0.379. The number of aromatic amines is 1. The smallest absolute Gasteiger partial charge is 0.339 e. The highest BCUT2D eigenvalue weighted by Crippen LogP contribution is 2.30. The minimum Gasteiger partial charge on any atom is -0.339 e. The van der Waals surface area contributed by atoms with Crippen LogP contribution in [0.5, 0.6) is 0 Å². The Labute approximate surface area is 255 Å². The zero-order valence-corrected chi connectivity index (χ0v) is 24.5. The molecule has 0 unspecified atom stereocenters. The fraction of sp³-hybridized carbons (Fsp3) is 0.212. The molecule has 0 saturated carbocycles. The van der Waals surface area contributed by atoms with Gasteiger partial charge < -0.3 is 4.52 Å². The molecule has 0 aliphatic carbocycles. The average Bonchev–Trinajstić information content (AvgIpc) is 3.68. The lowest BCUT2D eigenvalue weighted by Crippen LogP contribution is -2.30. The maximum Gasteiger partial charge on any atom is 0.439 e. The van der Waals surface area contributed by atoms with Crippen molar-refractivity contribution in [1.29, 1.82) is 0 Å². The molecule has 0 fully saturated rings. The van der Waals surface area contributed by atoms with Gasteiger partial charge in [-0.2, -0.15) is 4.98 Å². The fourth-order valence-electron chi connectivity index (χ4n) is 5.24. The van der Waals surface area contributed by atoms with Crippen molar-refractivity contribution < 1.29 is 17.8 Å². The molecule has 0 radical (unpaired) electrons. The molecule has 10 nitrogen and oxygen atoms in total. The highest BCUT2D eigenvalue weighted by molar-refractivity contribution is 5.80. The Morgan fingerprint density at radius 1 is 0.867 bits per heavy atom. The number of H-pyrrole nitrogens is 1. The van der Waals surface area contributed by atoms with Gasteiger partial charge in [0.1, 0.15) is 5.82 Å². The van der Waals surface area contributed by atoms with E-state index in [1.165, 1.54) is 12.1 Å². The summed E-state index contributed by atoms with van der Waals surface area (Å²) < 4.78 is 39.5. The summed E-state index contributed by atoms with van der Waals surface area (Å²) in [5.41, 5.74) is 4.22. The molecular formula is C33H28F2N6O4. The normalized spacial score (nSPS) is 11.3. The molecule has 6 aromatic rings. The molecule has 0 spiro atoms. The first kappa shape index (κ1) is 29.5. The van der Waals surface area contributed by atoms with Crippen molar-refractivity contribution >= 4 is 0 Å². The van der Waals surface area contributed by atoms with E-state index < -0.39 is 17.4 Å². The van der Waals surface area contributed by atoms with Crippen LogP contribution in [0.3, 0.4) is 0 Å². The van der Waals surface area contributed by atoms with Crippen molar-refractivity contribution in [1.82, 2.24) is 29.8 Å². The van der Waals surface area contributed by atoms with Gasteiger partial charge in [-0.1, -0.05) is 77.9 Å². The number of nitrogens with one attached hydrogen (secondary N) is 1. The van der Waals surface area contributed by atoms with Gasteiger partial charge in [-0.25, -0.2) is 18.6 Å². The Kier molecular flexibility index (Phi) is 8.28. The molecule has 3 heterocycles. The van der Waals surface area contributed by atoms with Crippen molar-refractivity contribution in [2.45, 2.75) is 46.1 Å². The fourth-order valence-corrected chi connectivity index (χ4v) is 5.24. The van der Waals surface area contributed by atoms with Gasteiger partial charge in [0.25, 0.3) is 5.56 Å². The molecule has 3 aromatic heterocycles. The Morgan fingerprint density at radius 3 is 2.38 bits per heavy atom. The van der Waals surface area contributed by atoms with Gasteiger partial charge >= 0.3 is 5.76 Å². The monoisotopic (exact) mass is 610 g/mol. The lowest BCUT2D eigenvalue weighted by Gasteiger charge is -2.16. The summed E-state index contributed by atoms with van der Waals surface area (Å²) in [4.78, 5) is 37.1. The van der Waals surface area contributed by atoms with Crippen molar-refractivity contribution in [3.05, 3.63) is 139 Å². The number of aromatic nitrogens is 6. The minimum absolute atomic E-state index is 0.0442. The summed E-state index contributed by atoms with van der Waals surface area (Å²) in [6.07, 6.45) is 1.40. The predicted octanol–water partition coefficient (Wildman–Crippen LogP) is 5.41. The lowest BCUT2D eigenvalue weighted by atomic mass is 9.98. The maximum absolute atomic E-state index is 14.1. The van der Waals surface area contributed by atoms with E-state index in [2.05, 4.69) is 24.8 Å². The van der Waals surface area contributed by atoms with Crippen LogP contribution < -0.4 is 11.3 Å². The second-order valence-electron chi connectivity index (χ2n) is 10.6. The minimum atomic E-state index is -0.957. The van der Waals surface area contributed by atoms with Gasteiger partial charge in [-0.3, -0.25) is 18.9 Å². The molecule has 0 bridgehead atoms. The summed E-state index contributed by atoms with van der Waals surface area (Å²) in [5, 5.41) is 7.73. The predicted molar refractivity (Wildman–Crippen MR) is 161 cm³/mol. The van der Waals surface area contributed by atoms with E-state index in [-0.39, 0.29) is 35.7 Å². The highest BCUT2D eigenvalue weighted by Gasteiger charge is 2.19. The number of hydrogen-bond acceptors (Lipinski definition) is 8. The van der Waals surface area contributed by atoms with E-state index in [1.807, 2.05) is 55.5 Å². The van der Waals surface area contributed by atoms with Crippen LogP contribution in [0.1, 0.15) is 53.3 Å². The second-order valence-corrected chi connectivity index (χ2v) is 10.6. The first-order valence-electron chi connectivity index (χ1n) is 14.4. The van der Waals surface area contributed by atoms with E-state index in [0.717, 1.165) is 34.7 Å². The van der Waals surface area contributed by atoms with E-state index >= 15 is 0 Å². The number of benzene rings is 3. The molecule has 0 atom stereocenters. The molecule has 0 saturated heterocycles. The van der Waals surface area contributed by atoms with Crippen LogP contribution in [-0.4, -0.2) is 29.8 Å². The van der Waals surface area contributed by atoms with Crippen molar-refractivity contribution in [2.24, 2.45) is 0 Å². The van der Waals surface area contributed by atoms with Gasteiger partial charge in [0.15, 0.2) is 23.3 Å². The zero-order chi connectivity index (χ0) is 31.5. The third-order valence-corrected chi connectivity index (χ3v) is 7.47. The topological polar surface area (TPSA) is 133 Å². The summed E-state index contributed by atoms with van der Waals surface area (Å²) >= 11 is 0. The molecule has 228 valence electrons. The van der Waals surface area contributed by atoms with Crippen molar-refractivity contribution in [3.8, 4) is 22.5 Å². The number of aryl methyl sites for hydroxylation is 2. The van der Waals surface area contributed by atoms with Gasteiger partial charge in [-0.15, -0.1) is 0 Å². The average molecular weight is 611 g/mol. The summed E-state index contributed by atoms with van der Waals surface area (Å²) in [6.45, 7) is 4.09. The van der Waals surface area contributed by atoms with Gasteiger partial charge in [-0.05, 0) is 41.7 Å². The van der Waals surface area contributed by atoms with Crippen LogP contribution in [0, 0.1) is 18.6 Å². The maximum atomic E-state index is 14.1. The number of hydrogen-bond donors (Lipinski definition) is 1. The molecule has 1 N–H and O–H groups in total. The molecule has 6 rings (SSSR count). The van der Waals surface area contributed by atoms with Gasteiger partial charge in [0.05, 0.1) is 13.0 Å². The third-order valence-electron chi connectivity index (χ3n) is 7.47. The van der Waals surface area contributed by atoms with Crippen LogP contribution in [0.2, 0.25) is 0 Å². The van der Waals surface area contributed by atoms with Crippen LogP contribution >= 0.6 is 0 Å².